The fourth-order valence-electron chi connectivity index (χ4n) is 3.79. The van der Waals surface area contributed by atoms with Crippen LogP contribution < -0.4 is 0 Å². The molecule has 0 unspecified atom stereocenters. The predicted octanol–water partition coefficient (Wildman–Crippen LogP) is 4.92. The molecule has 31 heavy (non-hydrogen) atoms. The molecule has 0 radical (unpaired) electrons. The standard InChI is InChI=1S/C24H23FN4OS/c25-20-8-4-7-19(15-20)22-10-9-21(31-22)16-28-11-13-29(14-12-28)17-23-26-27-24(30-23)18-5-2-1-3-6-18/h1-10,15H,11-14,16-17H2. The van der Waals surface area contributed by atoms with Crippen molar-refractivity contribution in [1.82, 2.24) is 20.0 Å². The van der Waals surface area contributed by atoms with Crippen LogP contribution in [0, 0.1) is 5.82 Å². The zero-order valence-electron chi connectivity index (χ0n) is 17.1. The molecule has 0 atom stereocenters. The molecule has 1 fully saturated rings. The Morgan fingerprint density at radius 1 is 0.806 bits per heavy atom. The van der Waals surface area contributed by atoms with Crippen LogP contribution in [0.25, 0.3) is 21.9 Å². The molecular weight excluding hydrogens is 411 g/mol. The number of hydrogen-bond donors (Lipinski definition) is 0. The van der Waals surface area contributed by atoms with Crippen molar-refractivity contribution < 1.29 is 8.81 Å². The molecule has 3 heterocycles. The van der Waals surface area contributed by atoms with E-state index >= 15 is 0 Å². The average molecular weight is 435 g/mol. The van der Waals surface area contributed by atoms with E-state index in [2.05, 4.69) is 32.1 Å². The molecule has 1 saturated heterocycles. The lowest BCUT2D eigenvalue weighted by atomic mass is 10.2. The van der Waals surface area contributed by atoms with E-state index in [4.69, 9.17) is 4.42 Å². The third-order valence-electron chi connectivity index (χ3n) is 5.46. The highest BCUT2D eigenvalue weighted by atomic mass is 32.1. The van der Waals surface area contributed by atoms with E-state index in [9.17, 15) is 4.39 Å². The van der Waals surface area contributed by atoms with Crippen molar-refractivity contribution in [2.24, 2.45) is 0 Å². The number of thiophene rings is 1. The minimum atomic E-state index is -0.194. The quantitative estimate of drug-likeness (QED) is 0.431. The second-order valence-electron chi connectivity index (χ2n) is 7.70. The van der Waals surface area contributed by atoms with Crippen LogP contribution in [-0.2, 0) is 13.1 Å². The molecule has 5 nitrogen and oxygen atoms in total. The Balaban J connectivity index is 1.13. The van der Waals surface area contributed by atoms with Gasteiger partial charge in [0.05, 0.1) is 6.54 Å². The first-order valence-corrected chi connectivity index (χ1v) is 11.2. The van der Waals surface area contributed by atoms with Gasteiger partial charge in [-0.15, -0.1) is 21.5 Å². The Kier molecular flexibility index (Phi) is 5.88. The van der Waals surface area contributed by atoms with E-state index in [1.54, 1.807) is 23.5 Å². The van der Waals surface area contributed by atoms with Crippen LogP contribution >= 0.6 is 11.3 Å². The van der Waals surface area contributed by atoms with Gasteiger partial charge in [0.25, 0.3) is 0 Å². The normalized spacial score (nSPS) is 15.4. The first-order chi connectivity index (χ1) is 15.2. The van der Waals surface area contributed by atoms with Gasteiger partial charge in [-0.1, -0.05) is 30.3 Å². The Morgan fingerprint density at radius 3 is 2.32 bits per heavy atom. The molecule has 7 heteroatoms. The van der Waals surface area contributed by atoms with Gasteiger partial charge < -0.3 is 4.42 Å². The van der Waals surface area contributed by atoms with Crippen molar-refractivity contribution in [3.63, 3.8) is 0 Å². The summed E-state index contributed by atoms with van der Waals surface area (Å²) in [5.41, 5.74) is 1.88. The number of rotatable bonds is 6. The molecule has 1 aliphatic rings. The second kappa shape index (κ2) is 9.09. The van der Waals surface area contributed by atoms with Gasteiger partial charge in [-0.05, 0) is 42.0 Å². The lowest BCUT2D eigenvalue weighted by molar-refractivity contribution is 0.115. The molecular formula is C24H23FN4OS. The van der Waals surface area contributed by atoms with Crippen LogP contribution in [0.2, 0.25) is 0 Å². The molecule has 4 aromatic rings. The van der Waals surface area contributed by atoms with Crippen molar-refractivity contribution in [1.29, 1.82) is 0 Å². The molecule has 0 spiro atoms. The monoisotopic (exact) mass is 434 g/mol. The number of piperazine rings is 1. The number of halogens is 1. The van der Waals surface area contributed by atoms with Crippen molar-refractivity contribution in [2.45, 2.75) is 13.1 Å². The van der Waals surface area contributed by atoms with Crippen molar-refractivity contribution in [3.8, 4) is 21.9 Å². The maximum Gasteiger partial charge on any atom is 0.247 e. The zero-order valence-corrected chi connectivity index (χ0v) is 17.9. The fourth-order valence-corrected chi connectivity index (χ4v) is 4.84. The van der Waals surface area contributed by atoms with E-state index in [1.807, 2.05) is 36.4 Å². The van der Waals surface area contributed by atoms with Crippen LogP contribution in [0.4, 0.5) is 4.39 Å². The summed E-state index contributed by atoms with van der Waals surface area (Å²) in [6.07, 6.45) is 0. The number of nitrogens with zero attached hydrogens (tertiary/aromatic N) is 4. The SMILES string of the molecule is Fc1cccc(-c2ccc(CN3CCN(Cc4nnc(-c5ccccc5)o4)CC3)s2)c1. The number of hydrogen-bond acceptors (Lipinski definition) is 6. The van der Waals surface area contributed by atoms with Crippen molar-refractivity contribution >= 4 is 11.3 Å². The minimum Gasteiger partial charge on any atom is -0.419 e. The molecule has 0 bridgehead atoms. The summed E-state index contributed by atoms with van der Waals surface area (Å²) in [6, 6.07) is 20.9. The lowest BCUT2D eigenvalue weighted by Gasteiger charge is -2.33. The first-order valence-electron chi connectivity index (χ1n) is 10.4. The van der Waals surface area contributed by atoms with Gasteiger partial charge in [0, 0.05) is 48.0 Å². The predicted molar refractivity (Wildman–Crippen MR) is 120 cm³/mol. The van der Waals surface area contributed by atoms with Crippen molar-refractivity contribution in [2.75, 3.05) is 26.2 Å². The zero-order chi connectivity index (χ0) is 21.0. The molecule has 158 valence electrons. The van der Waals surface area contributed by atoms with Gasteiger partial charge in [0.1, 0.15) is 5.82 Å². The first kappa shape index (κ1) is 20.1. The van der Waals surface area contributed by atoms with Gasteiger partial charge in [0.2, 0.25) is 11.8 Å². The Bertz CT molecular complexity index is 1140. The lowest BCUT2D eigenvalue weighted by Crippen LogP contribution is -2.45. The summed E-state index contributed by atoms with van der Waals surface area (Å²) in [6.45, 7) is 5.51. The van der Waals surface area contributed by atoms with Gasteiger partial charge >= 0.3 is 0 Å². The number of aromatic nitrogens is 2. The van der Waals surface area contributed by atoms with Gasteiger partial charge in [-0.2, -0.15) is 0 Å². The highest BCUT2D eigenvalue weighted by Gasteiger charge is 2.20. The maximum atomic E-state index is 13.5. The smallest absolute Gasteiger partial charge is 0.247 e. The van der Waals surface area contributed by atoms with Gasteiger partial charge in [-0.25, -0.2) is 4.39 Å². The van der Waals surface area contributed by atoms with Gasteiger partial charge in [0.15, 0.2) is 0 Å². The Hall–Kier alpha value is -2.87. The molecule has 5 rings (SSSR count). The Labute approximate surface area is 184 Å². The van der Waals surface area contributed by atoms with E-state index in [0.29, 0.717) is 18.3 Å². The topological polar surface area (TPSA) is 45.4 Å². The summed E-state index contributed by atoms with van der Waals surface area (Å²) in [5, 5.41) is 8.39. The summed E-state index contributed by atoms with van der Waals surface area (Å²) in [5.74, 6) is 1.03. The summed E-state index contributed by atoms with van der Waals surface area (Å²) >= 11 is 1.74. The third-order valence-corrected chi connectivity index (χ3v) is 6.58. The van der Waals surface area contributed by atoms with Crippen LogP contribution in [0.5, 0.6) is 0 Å². The molecule has 0 saturated carbocycles. The summed E-state index contributed by atoms with van der Waals surface area (Å²) in [7, 11) is 0. The molecule has 2 aromatic carbocycles. The summed E-state index contributed by atoms with van der Waals surface area (Å²) < 4.78 is 19.3. The van der Waals surface area contributed by atoms with E-state index < -0.39 is 0 Å². The molecule has 0 N–H and O–H groups in total. The van der Waals surface area contributed by atoms with Crippen LogP contribution in [0.15, 0.2) is 71.1 Å². The maximum absolute atomic E-state index is 13.5. The van der Waals surface area contributed by atoms with E-state index in [-0.39, 0.29) is 5.82 Å². The second-order valence-corrected chi connectivity index (χ2v) is 8.86. The van der Waals surface area contributed by atoms with Crippen LogP contribution in [0.1, 0.15) is 10.8 Å². The Morgan fingerprint density at radius 2 is 1.55 bits per heavy atom. The third kappa shape index (κ3) is 4.90. The molecule has 2 aromatic heterocycles. The van der Waals surface area contributed by atoms with Crippen LogP contribution in [-0.4, -0.2) is 46.2 Å². The highest BCUT2D eigenvalue weighted by Crippen LogP contribution is 2.29. The highest BCUT2D eigenvalue weighted by molar-refractivity contribution is 7.15. The molecule has 1 aliphatic heterocycles. The van der Waals surface area contributed by atoms with E-state index in [0.717, 1.165) is 48.7 Å². The number of benzene rings is 2. The van der Waals surface area contributed by atoms with Crippen molar-refractivity contribution in [3.05, 3.63) is 83.3 Å². The average Bonchev–Trinajstić information content (AvgIpc) is 3.46. The molecule has 0 aliphatic carbocycles. The largest absolute Gasteiger partial charge is 0.419 e. The fraction of sp³-hybridized carbons (Fsp3) is 0.250. The minimum absolute atomic E-state index is 0.194. The van der Waals surface area contributed by atoms with Crippen LogP contribution in [0.3, 0.4) is 0 Å². The summed E-state index contributed by atoms with van der Waals surface area (Å²) in [4.78, 5) is 7.22. The van der Waals surface area contributed by atoms with Gasteiger partial charge in [-0.3, -0.25) is 9.80 Å². The molecule has 0 amide bonds. The van der Waals surface area contributed by atoms with E-state index in [1.165, 1.54) is 10.9 Å².